The molecule has 1 aromatic rings. The lowest BCUT2D eigenvalue weighted by atomic mass is 10.1. The Balaban J connectivity index is 2.48. The molecule has 4 nitrogen and oxygen atoms in total. The lowest BCUT2D eigenvalue weighted by Crippen LogP contribution is -2.21. The number of carbonyl (C=O) groups excluding carboxylic acids is 1. The van der Waals surface area contributed by atoms with E-state index in [1.165, 1.54) is 0 Å². The second-order valence-corrected chi connectivity index (χ2v) is 3.20. The molecular weight excluding hydrogens is 194 g/mol. The molecule has 4 heteroatoms. The molecule has 0 spiro atoms. The number of hydrogen-bond donors (Lipinski definition) is 1. The number of hydrogen-bond acceptors (Lipinski definition) is 3. The zero-order chi connectivity index (χ0) is 10.8. The zero-order valence-electron chi connectivity index (χ0n) is 8.32. The molecule has 1 heterocycles. The van der Waals surface area contributed by atoms with E-state index in [-0.39, 0.29) is 6.61 Å². The molecule has 0 saturated heterocycles. The number of amides is 1. The molecule has 1 aliphatic heterocycles. The second-order valence-electron chi connectivity index (χ2n) is 3.20. The normalized spacial score (nSPS) is 13.5. The van der Waals surface area contributed by atoms with E-state index in [1.807, 2.05) is 18.2 Å². The van der Waals surface area contributed by atoms with Crippen LogP contribution in [-0.4, -0.2) is 19.6 Å². The number of carbonyl (C=O) groups is 1. The standard InChI is InChI=1S/C11H11NO3/c1-14-9-4-2-3-7-5-8(11(12)13)6-15-10(7)9/h2-5H,6H2,1H3,(H2,12,13). The SMILES string of the molecule is COc1cccc2c1OCC(C(N)=O)=C2. The summed E-state index contributed by atoms with van der Waals surface area (Å²) in [7, 11) is 1.58. The Hall–Kier alpha value is -1.97. The van der Waals surface area contributed by atoms with Crippen LogP contribution in [0.5, 0.6) is 11.5 Å². The van der Waals surface area contributed by atoms with Gasteiger partial charge >= 0.3 is 0 Å². The van der Waals surface area contributed by atoms with Crippen LogP contribution in [0.25, 0.3) is 6.08 Å². The number of rotatable bonds is 2. The van der Waals surface area contributed by atoms with E-state index >= 15 is 0 Å². The molecule has 2 N–H and O–H groups in total. The predicted molar refractivity (Wildman–Crippen MR) is 55.7 cm³/mol. The van der Waals surface area contributed by atoms with Crippen LogP contribution in [0.3, 0.4) is 0 Å². The van der Waals surface area contributed by atoms with E-state index in [1.54, 1.807) is 13.2 Å². The first kappa shape index (κ1) is 9.58. The third-order valence-corrected chi connectivity index (χ3v) is 2.25. The number of ether oxygens (including phenoxy) is 2. The van der Waals surface area contributed by atoms with E-state index < -0.39 is 5.91 Å². The van der Waals surface area contributed by atoms with Crippen LogP contribution in [0.1, 0.15) is 5.56 Å². The monoisotopic (exact) mass is 205 g/mol. The van der Waals surface area contributed by atoms with Crippen molar-refractivity contribution in [3.05, 3.63) is 29.3 Å². The van der Waals surface area contributed by atoms with Gasteiger partial charge in [0.15, 0.2) is 11.5 Å². The van der Waals surface area contributed by atoms with Crippen LogP contribution in [0, 0.1) is 0 Å². The van der Waals surface area contributed by atoms with E-state index in [0.717, 1.165) is 5.56 Å². The topological polar surface area (TPSA) is 61.6 Å². The van der Waals surface area contributed by atoms with Gasteiger partial charge in [-0.05, 0) is 12.1 Å². The molecule has 0 aromatic heterocycles. The average molecular weight is 205 g/mol. The molecule has 0 atom stereocenters. The molecule has 0 aliphatic carbocycles. The summed E-state index contributed by atoms with van der Waals surface area (Å²) in [5.74, 6) is 0.862. The number of fused-ring (bicyclic) bond motifs is 1. The Kier molecular flexibility index (Phi) is 2.33. The van der Waals surface area contributed by atoms with Gasteiger partial charge in [-0.1, -0.05) is 12.1 Å². The number of methoxy groups -OCH3 is 1. The summed E-state index contributed by atoms with van der Waals surface area (Å²) in [6.07, 6.45) is 1.73. The van der Waals surface area contributed by atoms with Crippen molar-refractivity contribution in [3.8, 4) is 11.5 Å². The number of para-hydroxylation sites is 1. The maximum Gasteiger partial charge on any atom is 0.248 e. The molecular formula is C11H11NO3. The van der Waals surface area contributed by atoms with Crippen LogP contribution in [-0.2, 0) is 4.79 Å². The molecule has 0 radical (unpaired) electrons. The van der Waals surface area contributed by atoms with Gasteiger partial charge in [0, 0.05) is 5.56 Å². The van der Waals surface area contributed by atoms with Crippen molar-refractivity contribution in [3.63, 3.8) is 0 Å². The van der Waals surface area contributed by atoms with E-state index in [0.29, 0.717) is 17.1 Å². The quantitative estimate of drug-likeness (QED) is 0.782. The Morgan fingerprint density at radius 2 is 2.33 bits per heavy atom. The molecule has 1 amide bonds. The minimum Gasteiger partial charge on any atom is -0.493 e. The fraction of sp³-hybridized carbons (Fsp3) is 0.182. The lowest BCUT2D eigenvalue weighted by molar-refractivity contribution is -0.114. The molecule has 0 unspecified atom stereocenters. The Morgan fingerprint density at radius 1 is 1.53 bits per heavy atom. The van der Waals surface area contributed by atoms with Crippen LogP contribution in [0.15, 0.2) is 23.8 Å². The first-order valence-corrected chi connectivity index (χ1v) is 4.52. The molecule has 0 bridgehead atoms. The van der Waals surface area contributed by atoms with Crippen molar-refractivity contribution in [2.24, 2.45) is 5.73 Å². The molecule has 0 saturated carbocycles. The predicted octanol–water partition coefficient (Wildman–Crippen LogP) is 0.956. The Morgan fingerprint density at radius 3 is 3.00 bits per heavy atom. The summed E-state index contributed by atoms with van der Waals surface area (Å²) in [5, 5.41) is 0. The third kappa shape index (κ3) is 1.66. The van der Waals surface area contributed by atoms with E-state index in [4.69, 9.17) is 15.2 Å². The van der Waals surface area contributed by atoms with Crippen molar-refractivity contribution in [2.75, 3.05) is 13.7 Å². The smallest absolute Gasteiger partial charge is 0.248 e. The average Bonchev–Trinajstić information content (AvgIpc) is 2.27. The van der Waals surface area contributed by atoms with Gasteiger partial charge in [-0.25, -0.2) is 0 Å². The van der Waals surface area contributed by atoms with E-state index in [2.05, 4.69) is 0 Å². The largest absolute Gasteiger partial charge is 0.493 e. The van der Waals surface area contributed by atoms with E-state index in [9.17, 15) is 4.79 Å². The summed E-state index contributed by atoms with van der Waals surface area (Å²) < 4.78 is 10.6. The molecule has 1 aromatic carbocycles. The highest BCUT2D eigenvalue weighted by Crippen LogP contribution is 2.35. The minimum absolute atomic E-state index is 0.197. The molecule has 78 valence electrons. The minimum atomic E-state index is -0.455. The van der Waals surface area contributed by atoms with Crippen molar-refractivity contribution in [1.29, 1.82) is 0 Å². The summed E-state index contributed by atoms with van der Waals surface area (Å²) >= 11 is 0. The first-order valence-electron chi connectivity index (χ1n) is 4.52. The van der Waals surface area contributed by atoms with Crippen molar-refractivity contribution < 1.29 is 14.3 Å². The number of nitrogens with two attached hydrogens (primary N) is 1. The highest BCUT2D eigenvalue weighted by Gasteiger charge is 2.17. The zero-order valence-corrected chi connectivity index (χ0v) is 8.32. The van der Waals surface area contributed by atoms with Crippen LogP contribution in [0.2, 0.25) is 0 Å². The van der Waals surface area contributed by atoms with Gasteiger partial charge in [0.25, 0.3) is 0 Å². The van der Waals surface area contributed by atoms with Gasteiger partial charge in [0.2, 0.25) is 5.91 Å². The summed E-state index contributed by atoms with van der Waals surface area (Å²) in [6.45, 7) is 0.197. The molecule has 1 aliphatic rings. The van der Waals surface area contributed by atoms with Crippen LogP contribution < -0.4 is 15.2 Å². The van der Waals surface area contributed by atoms with Gasteiger partial charge in [-0.2, -0.15) is 0 Å². The molecule has 15 heavy (non-hydrogen) atoms. The summed E-state index contributed by atoms with van der Waals surface area (Å²) in [4.78, 5) is 11.0. The second kappa shape index (κ2) is 3.65. The fourth-order valence-corrected chi connectivity index (χ4v) is 1.48. The van der Waals surface area contributed by atoms with Crippen LogP contribution in [0.4, 0.5) is 0 Å². The Bertz CT molecular complexity index is 437. The molecule has 2 rings (SSSR count). The highest BCUT2D eigenvalue weighted by atomic mass is 16.5. The maximum atomic E-state index is 11.0. The van der Waals surface area contributed by atoms with Crippen molar-refractivity contribution >= 4 is 12.0 Å². The van der Waals surface area contributed by atoms with Gasteiger partial charge in [-0.15, -0.1) is 0 Å². The lowest BCUT2D eigenvalue weighted by Gasteiger charge is -2.18. The van der Waals surface area contributed by atoms with Gasteiger partial charge in [-0.3, -0.25) is 4.79 Å². The van der Waals surface area contributed by atoms with Crippen molar-refractivity contribution in [2.45, 2.75) is 0 Å². The third-order valence-electron chi connectivity index (χ3n) is 2.25. The fourth-order valence-electron chi connectivity index (χ4n) is 1.48. The Labute approximate surface area is 87.3 Å². The summed E-state index contributed by atoms with van der Waals surface area (Å²) in [6, 6.07) is 5.49. The number of benzene rings is 1. The van der Waals surface area contributed by atoms with Crippen LogP contribution >= 0.6 is 0 Å². The number of primary amides is 1. The summed E-state index contributed by atoms with van der Waals surface area (Å²) in [5.41, 5.74) is 6.46. The molecule has 0 fully saturated rings. The van der Waals surface area contributed by atoms with Crippen molar-refractivity contribution in [1.82, 2.24) is 0 Å². The van der Waals surface area contributed by atoms with Gasteiger partial charge in [0.05, 0.1) is 12.7 Å². The van der Waals surface area contributed by atoms with Gasteiger partial charge in [0.1, 0.15) is 6.61 Å². The van der Waals surface area contributed by atoms with Gasteiger partial charge < -0.3 is 15.2 Å². The maximum absolute atomic E-state index is 11.0. The highest BCUT2D eigenvalue weighted by molar-refractivity contribution is 5.98. The first-order chi connectivity index (χ1) is 7.22.